The monoisotopic (exact) mass is 255 g/mol. The smallest absolute Gasteiger partial charge is 0.403 e. The van der Waals surface area contributed by atoms with Crippen LogP contribution in [0, 0.1) is 0 Å². The summed E-state index contributed by atoms with van der Waals surface area (Å²) in [7, 11) is 0. The van der Waals surface area contributed by atoms with Gasteiger partial charge < -0.3 is 4.74 Å². The first-order valence-electron chi connectivity index (χ1n) is 5.52. The lowest BCUT2D eigenvalue weighted by Crippen LogP contribution is -2.17. The first-order valence-corrected chi connectivity index (χ1v) is 5.52. The highest BCUT2D eigenvalue weighted by molar-refractivity contribution is 5.87. The number of rotatable bonds is 2. The summed E-state index contributed by atoms with van der Waals surface area (Å²) in [5.41, 5.74) is 1.19. The summed E-state index contributed by atoms with van der Waals surface area (Å²) in [6.07, 6.45) is -3.25. The first-order chi connectivity index (χ1) is 8.38. The Kier molecular flexibility index (Phi) is 3.15. The minimum atomic E-state index is -4.70. The zero-order valence-electron chi connectivity index (χ0n) is 9.95. The van der Waals surface area contributed by atoms with Crippen molar-refractivity contribution >= 4 is 10.9 Å². The van der Waals surface area contributed by atoms with Crippen LogP contribution in [-0.4, -0.2) is 11.3 Å². The highest BCUT2D eigenvalue weighted by Crippen LogP contribution is 2.33. The molecule has 0 N–H and O–H groups in total. The topological polar surface area (TPSA) is 22.1 Å². The van der Waals surface area contributed by atoms with Crippen molar-refractivity contribution in [2.45, 2.75) is 26.1 Å². The molecule has 0 fully saturated rings. The zero-order valence-corrected chi connectivity index (χ0v) is 9.95. The van der Waals surface area contributed by atoms with Gasteiger partial charge in [-0.15, -0.1) is 13.2 Å². The van der Waals surface area contributed by atoms with Gasteiger partial charge in [-0.05, 0) is 23.6 Å². The Hall–Kier alpha value is -1.78. The molecule has 0 saturated heterocycles. The van der Waals surface area contributed by atoms with Crippen molar-refractivity contribution in [3.8, 4) is 5.75 Å². The summed E-state index contributed by atoms with van der Waals surface area (Å²) in [6.45, 7) is 3.96. The number of aromatic nitrogens is 1. The van der Waals surface area contributed by atoms with E-state index in [4.69, 9.17) is 0 Å². The van der Waals surface area contributed by atoms with E-state index in [1.54, 1.807) is 18.2 Å². The average Bonchev–Trinajstić information content (AvgIpc) is 2.27. The second-order valence-corrected chi connectivity index (χ2v) is 4.25. The second-order valence-electron chi connectivity index (χ2n) is 4.25. The Bertz CT molecular complexity index is 564. The molecule has 2 aromatic rings. The molecule has 0 unspecified atom stereocenters. The molecule has 1 heterocycles. The lowest BCUT2D eigenvalue weighted by atomic mass is 9.98. The van der Waals surface area contributed by atoms with E-state index < -0.39 is 6.36 Å². The van der Waals surface area contributed by atoms with Crippen LogP contribution in [0.1, 0.15) is 25.3 Å². The van der Waals surface area contributed by atoms with Crippen molar-refractivity contribution in [1.29, 1.82) is 0 Å². The molecule has 0 saturated carbocycles. The van der Waals surface area contributed by atoms with E-state index in [1.807, 2.05) is 13.8 Å². The maximum atomic E-state index is 12.3. The molecule has 1 aromatic carbocycles. The summed E-state index contributed by atoms with van der Waals surface area (Å²) in [5.74, 6) is -0.0564. The van der Waals surface area contributed by atoms with E-state index >= 15 is 0 Å². The minimum absolute atomic E-state index is 0.205. The number of alkyl halides is 3. The van der Waals surface area contributed by atoms with E-state index in [0.717, 1.165) is 5.56 Å². The Labute approximate surface area is 102 Å². The fourth-order valence-corrected chi connectivity index (χ4v) is 1.88. The number of hydrogen-bond acceptors (Lipinski definition) is 2. The van der Waals surface area contributed by atoms with E-state index in [9.17, 15) is 13.2 Å². The third-order valence-corrected chi connectivity index (χ3v) is 2.61. The van der Waals surface area contributed by atoms with Gasteiger partial charge in [0.1, 0.15) is 5.52 Å². The molecule has 5 heteroatoms. The van der Waals surface area contributed by atoms with Crippen LogP contribution in [0.15, 0.2) is 30.5 Å². The largest absolute Gasteiger partial charge is 0.573 e. The molecule has 0 spiro atoms. The SMILES string of the molecule is CC(C)c1ccc(OC(F)(F)F)c2ncccc12. The fraction of sp³-hybridized carbons (Fsp3) is 0.308. The number of nitrogens with zero attached hydrogens (tertiary/aromatic N) is 1. The molecule has 2 nitrogen and oxygen atoms in total. The molecule has 0 radical (unpaired) electrons. The summed E-state index contributed by atoms with van der Waals surface area (Å²) >= 11 is 0. The summed E-state index contributed by atoms with van der Waals surface area (Å²) in [6, 6.07) is 6.42. The maximum absolute atomic E-state index is 12.3. The van der Waals surface area contributed by atoms with Crippen molar-refractivity contribution in [2.24, 2.45) is 0 Å². The molecule has 0 aliphatic carbocycles. The summed E-state index contributed by atoms with van der Waals surface area (Å²) < 4.78 is 40.8. The molecule has 96 valence electrons. The van der Waals surface area contributed by atoms with E-state index in [2.05, 4.69) is 9.72 Å². The fourth-order valence-electron chi connectivity index (χ4n) is 1.88. The molecule has 0 atom stereocenters. The van der Waals surface area contributed by atoms with Gasteiger partial charge in [-0.2, -0.15) is 0 Å². The van der Waals surface area contributed by atoms with E-state index in [0.29, 0.717) is 5.39 Å². The minimum Gasteiger partial charge on any atom is -0.403 e. The van der Waals surface area contributed by atoms with Crippen LogP contribution in [0.2, 0.25) is 0 Å². The van der Waals surface area contributed by atoms with Gasteiger partial charge in [-0.1, -0.05) is 26.0 Å². The van der Waals surface area contributed by atoms with E-state index in [1.165, 1.54) is 12.3 Å². The van der Waals surface area contributed by atoms with Gasteiger partial charge >= 0.3 is 6.36 Å². The van der Waals surface area contributed by atoms with Crippen LogP contribution < -0.4 is 4.74 Å². The molecule has 18 heavy (non-hydrogen) atoms. The standard InChI is InChI=1S/C13H12F3NO/c1-8(2)9-5-6-11(18-13(14,15)16)12-10(9)4-3-7-17-12/h3-8H,1-2H3. The van der Waals surface area contributed by atoms with Crippen LogP contribution in [0.4, 0.5) is 13.2 Å². The Balaban J connectivity index is 2.61. The number of benzene rings is 1. The molecule has 2 rings (SSSR count). The van der Waals surface area contributed by atoms with Crippen LogP contribution in [-0.2, 0) is 0 Å². The van der Waals surface area contributed by atoms with Crippen LogP contribution >= 0.6 is 0 Å². The van der Waals surface area contributed by atoms with Crippen LogP contribution in [0.5, 0.6) is 5.75 Å². The molecular weight excluding hydrogens is 243 g/mol. The normalized spacial score (nSPS) is 12.1. The van der Waals surface area contributed by atoms with E-state index in [-0.39, 0.29) is 17.2 Å². The Morgan fingerprint density at radius 1 is 1.17 bits per heavy atom. The number of ether oxygens (including phenoxy) is 1. The summed E-state index contributed by atoms with van der Waals surface area (Å²) in [5, 5.41) is 0.689. The second kappa shape index (κ2) is 4.48. The van der Waals surface area contributed by atoms with Gasteiger partial charge in [0.15, 0.2) is 5.75 Å². The number of fused-ring (bicyclic) bond motifs is 1. The van der Waals surface area contributed by atoms with Gasteiger partial charge in [0.25, 0.3) is 0 Å². The zero-order chi connectivity index (χ0) is 13.3. The molecule has 0 aliphatic heterocycles. The third-order valence-electron chi connectivity index (χ3n) is 2.61. The molecule has 0 bridgehead atoms. The van der Waals surface area contributed by atoms with Crippen molar-refractivity contribution in [1.82, 2.24) is 4.98 Å². The Morgan fingerprint density at radius 2 is 1.89 bits per heavy atom. The predicted octanol–water partition coefficient (Wildman–Crippen LogP) is 4.26. The van der Waals surface area contributed by atoms with Gasteiger partial charge in [0.05, 0.1) is 0 Å². The predicted molar refractivity (Wildman–Crippen MR) is 62.5 cm³/mol. The number of halogens is 3. The quantitative estimate of drug-likeness (QED) is 0.800. The highest BCUT2D eigenvalue weighted by atomic mass is 19.4. The van der Waals surface area contributed by atoms with Crippen molar-refractivity contribution < 1.29 is 17.9 Å². The van der Waals surface area contributed by atoms with Crippen molar-refractivity contribution in [3.05, 3.63) is 36.0 Å². The van der Waals surface area contributed by atoms with Crippen LogP contribution in [0.25, 0.3) is 10.9 Å². The summed E-state index contributed by atoms with van der Waals surface area (Å²) in [4.78, 5) is 3.98. The highest BCUT2D eigenvalue weighted by Gasteiger charge is 2.32. The Morgan fingerprint density at radius 3 is 2.50 bits per heavy atom. The van der Waals surface area contributed by atoms with Gasteiger partial charge in [-0.25, -0.2) is 0 Å². The number of hydrogen-bond donors (Lipinski definition) is 0. The van der Waals surface area contributed by atoms with Crippen molar-refractivity contribution in [2.75, 3.05) is 0 Å². The maximum Gasteiger partial charge on any atom is 0.573 e. The average molecular weight is 255 g/mol. The first kappa shape index (κ1) is 12.7. The van der Waals surface area contributed by atoms with Gasteiger partial charge in [0.2, 0.25) is 0 Å². The lowest BCUT2D eigenvalue weighted by Gasteiger charge is -2.14. The third kappa shape index (κ3) is 2.55. The molecule has 0 aliphatic rings. The van der Waals surface area contributed by atoms with Crippen molar-refractivity contribution in [3.63, 3.8) is 0 Å². The number of pyridine rings is 1. The van der Waals surface area contributed by atoms with Gasteiger partial charge in [-0.3, -0.25) is 4.98 Å². The van der Waals surface area contributed by atoms with Crippen LogP contribution in [0.3, 0.4) is 0 Å². The molecular formula is C13H12F3NO. The molecule has 0 amide bonds. The molecule has 1 aromatic heterocycles. The lowest BCUT2D eigenvalue weighted by molar-refractivity contribution is -0.274. The van der Waals surface area contributed by atoms with Gasteiger partial charge in [0, 0.05) is 11.6 Å².